The lowest BCUT2D eigenvalue weighted by Crippen LogP contribution is -2.11. The third-order valence-corrected chi connectivity index (χ3v) is 3.02. The third kappa shape index (κ3) is 8.60. The van der Waals surface area contributed by atoms with Gasteiger partial charge in [-0.3, -0.25) is 0 Å². The Labute approximate surface area is 113 Å². The Morgan fingerprint density at radius 2 is 1.50 bits per heavy atom. The van der Waals surface area contributed by atoms with E-state index in [-0.39, 0.29) is 0 Å². The first kappa shape index (κ1) is 15.6. The van der Waals surface area contributed by atoms with E-state index in [1.807, 2.05) is 0 Å². The standard InChI is InChI=1S/C13H22O4S/c1-14-5-6-16-9-10-17-8-7-15-4-2-13-3-11-18-12-13/h3,11-12H,2,4-10H2,1H3. The molecule has 0 aromatic carbocycles. The van der Waals surface area contributed by atoms with Gasteiger partial charge in [0.25, 0.3) is 0 Å². The van der Waals surface area contributed by atoms with Crippen molar-refractivity contribution in [2.45, 2.75) is 6.42 Å². The number of thiophene rings is 1. The van der Waals surface area contributed by atoms with Gasteiger partial charge in [0, 0.05) is 7.11 Å². The van der Waals surface area contributed by atoms with Crippen LogP contribution in [0.25, 0.3) is 0 Å². The minimum atomic E-state index is 0.609. The van der Waals surface area contributed by atoms with Crippen molar-refractivity contribution in [1.82, 2.24) is 0 Å². The molecular weight excluding hydrogens is 252 g/mol. The van der Waals surface area contributed by atoms with Crippen LogP contribution < -0.4 is 0 Å². The third-order valence-electron chi connectivity index (χ3n) is 2.29. The Morgan fingerprint density at radius 3 is 2.06 bits per heavy atom. The zero-order valence-electron chi connectivity index (χ0n) is 10.9. The summed E-state index contributed by atoms with van der Waals surface area (Å²) >= 11 is 1.72. The summed E-state index contributed by atoms with van der Waals surface area (Å²) in [6.45, 7) is 4.49. The van der Waals surface area contributed by atoms with E-state index in [9.17, 15) is 0 Å². The molecule has 0 amide bonds. The Morgan fingerprint density at radius 1 is 0.889 bits per heavy atom. The van der Waals surface area contributed by atoms with Gasteiger partial charge >= 0.3 is 0 Å². The molecule has 104 valence electrons. The molecule has 0 radical (unpaired) electrons. The van der Waals surface area contributed by atoms with E-state index in [4.69, 9.17) is 18.9 Å². The van der Waals surface area contributed by atoms with Crippen LogP contribution in [0.2, 0.25) is 0 Å². The highest BCUT2D eigenvalue weighted by molar-refractivity contribution is 7.07. The molecule has 1 aromatic rings. The van der Waals surface area contributed by atoms with Gasteiger partial charge in [0.15, 0.2) is 0 Å². The maximum absolute atomic E-state index is 5.47. The molecule has 1 heterocycles. The number of ether oxygens (including phenoxy) is 4. The van der Waals surface area contributed by atoms with Crippen molar-refractivity contribution >= 4 is 11.3 Å². The van der Waals surface area contributed by atoms with Gasteiger partial charge in [-0.2, -0.15) is 11.3 Å². The lowest BCUT2D eigenvalue weighted by molar-refractivity contribution is 0.00407. The number of methoxy groups -OCH3 is 1. The molecule has 1 aromatic heterocycles. The van der Waals surface area contributed by atoms with Gasteiger partial charge in [0.2, 0.25) is 0 Å². The van der Waals surface area contributed by atoms with Crippen LogP contribution in [0.1, 0.15) is 5.56 Å². The van der Waals surface area contributed by atoms with Crippen LogP contribution in [0.15, 0.2) is 16.8 Å². The molecule has 1 rings (SSSR count). The molecule has 18 heavy (non-hydrogen) atoms. The second-order valence-corrected chi connectivity index (χ2v) is 4.49. The largest absolute Gasteiger partial charge is 0.382 e. The average Bonchev–Trinajstić information content (AvgIpc) is 2.89. The summed E-state index contributed by atoms with van der Waals surface area (Å²) in [5.41, 5.74) is 1.34. The second-order valence-electron chi connectivity index (χ2n) is 3.71. The maximum atomic E-state index is 5.47. The highest BCUT2D eigenvalue weighted by Gasteiger charge is 1.94. The van der Waals surface area contributed by atoms with Crippen LogP contribution in [0.3, 0.4) is 0 Å². The lowest BCUT2D eigenvalue weighted by Gasteiger charge is -2.06. The monoisotopic (exact) mass is 274 g/mol. The second kappa shape index (κ2) is 11.6. The molecule has 0 saturated carbocycles. The van der Waals surface area contributed by atoms with Crippen molar-refractivity contribution in [3.05, 3.63) is 22.4 Å². The minimum Gasteiger partial charge on any atom is -0.382 e. The van der Waals surface area contributed by atoms with E-state index in [0.717, 1.165) is 13.0 Å². The zero-order valence-corrected chi connectivity index (χ0v) is 11.7. The smallest absolute Gasteiger partial charge is 0.0701 e. The molecule has 0 fully saturated rings. The fourth-order valence-corrected chi connectivity index (χ4v) is 2.01. The highest BCUT2D eigenvalue weighted by atomic mass is 32.1. The van der Waals surface area contributed by atoms with Crippen molar-refractivity contribution in [1.29, 1.82) is 0 Å². The topological polar surface area (TPSA) is 36.9 Å². The van der Waals surface area contributed by atoms with Crippen LogP contribution in [-0.2, 0) is 25.4 Å². The molecule has 0 spiro atoms. The van der Waals surface area contributed by atoms with Crippen molar-refractivity contribution in [2.24, 2.45) is 0 Å². The molecule has 0 aliphatic heterocycles. The Balaban J connectivity index is 1.73. The summed E-state index contributed by atoms with van der Waals surface area (Å²) in [6.07, 6.45) is 0.976. The van der Waals surface area contributed by atoms with Crippen molar-refractivity contribution < 1.29 is 18.9 Å². The molecule has 0 unspecified atom stereocenters. The first-order valence-corrected chi connectivity index (χ1v) is 7.11. The molecule has 0 aliphatic rings. The molecule has 5 heteroatoms. The van der Waals surface area contributed by atoms with Gasteiger partial charge in [0.1, 0.15) is 0 Å². The van der Waals surface area contributed by atoms with Crippen molar-refractivity contribution in [3.63, 3.8) is 0 Å². The normalized spacial score (nSPS) is 10.9. The predicted octanol–water partition coefficient (Wildman–Crippen LogP) is 1.99. The SMILES string of the molecule is COCCOCCOCCOCCc1ccsc1. The van der Waals surface area contributed by atoms with Crippen molar-refractivity contribution in [2.75, 3.05) is 53.4 Å². The summed E-state index contributed by atoms with van der Waals surface area (Å²) in [5, 5.41) is 4.24. The first-order valence-electron chi connectivity index (χ1n) is 6.16. The predicted molar refractivity (Wildman–Crippen MR) is 72.4 cm³/mol. The van der Waals surface area contributed by atoms with E-state index in [1.165, 1.54) is 5.56 Å². The van der Waals surface area contributed by atoms with Gasteiger partial charge < -0.3 is 18.9 Å². The number of hydrogen-bond donors (Lipinski definition) is 0. The highest BCUT2D eigenvalue weighted by Crippen LogP contribution is 2.06. The summed E-state index contributed by atoms with van der Waals surface area (Å²) in [7, 11) is 1.66. The van der Waals surface area contributed by atoms with Gasteiger partial charge in [0.05, 0.1) is 46.2 Å². The molecule has 0 bridgehead atoms. The van der Waals surface area contributed by atoms with E-state index < -0.39 is 0 Å². The van der Waals surface area contributed by atoms with Gasteiger partial charge in [-0.1, -0.05) is 0 Å². The van der Waals surface area contributed by atoms with Crippen LogP contribution in [0.4, 0.5) is 0 Å². The van der Waals surface area contributed by atoms with Crippen LogP contribution >= 0.6 is 11.3 Å². The number of rotatable bonds is 12. The van der Waals surface area contributed by atoms with Gasteiger partial charge in [-0.25, -0.2) is 0 Å². The van der Waals surface area contributed by atoms with Crippen LogP contribution in [0, 0.1) is 0 Å². The Kier molecular flexibility index (Phi) is 10.1. The average molecular weight is 274 g/mol. The Hall–Kier alpha value is -0.460. The maximum Gasteiger partial charge on any atom is 0.0701 e. The van der Waals surface area contributed by atoms with Gasteiger partial charge in [-0.15, -0.1) is 0 Å². The molecule has 0 atom stereocenters. The summed E-state index contributed by atoms with van der Waals surface area (Å²) in [6, 6.07) is 2.13. The number of hydrogen-bond acceptors (Lipinski definition) is 5. The Bertz CT molecular complexity index is 264. The summed E-state index contributed by atoms with van der Waals surface area (Å²) in [5.74, 6) is 0. The molecule has 0 N–H and O–H groups in total. The lowest BCUT2D eigenvalue weighted by atomic mass is 10.3. The molecule has 0 saturated heterocycles. The van der Waals surface area contributed by atoms with E-state index in [0.29, 0.717) is 39.6 Å². The quantitative estimate of drug-likeness (QED) is 0.546. The minimum absolute atomic E-state index is 0.609. The van der Waals surface area contributed by atoms with E-state index in [2.05, 4.69) is 16.8 Å². The fraction of sp³-hybridized carbons (Fsp3) is 0.692. The van der Waals surface area contributed by atoms with Crippen molar-refractivity contribution in [3.8, 4) is 0 Å². The van der Waals surface area contributed by atoms with Crippen LogP contribution in [-0.4, -0.2) is 53.4 Å². The fourth-order valence-electron chi connectivity index (χ4n) is 1.31. The molecule has 0 aliphatic carbocycles. The zero-order chi connectivity index (χ0) is 12.9. The van der Waals surface area contributed by atoms with E-state index >= 15 is 0 Å². The van der Waals surface area contributed by atoms with E-state index in [1.54, 1.807) is 18.4 Å². The summed E-state index contributed by atoms with van der Waals surface area (Å²) < 4.78 is 21.0. The summed E-state index contributed by atoms with van der Waals surface area (Å²) in [4.78, 5) is 0. The molecular formula is C13H22O4S. The molecule has 4 nitrogen and oxygen atoms in total. The first-order chi connectivity index (χ1) is 8.93. The van der Waals surface area contributed by atoms with Crippen LogP contribution in [0.5, 0.6) is 0 Å². The van der Waals surface area contributed by atoms with Gasteiger partial charge in [-0.05, 0) is 28.8 Å².